The number of esters is 1. The summed E-state index contributed by atoms with van der Waals surface area (Å²) in [6.45, 7) is 7.16. The zero-order valence-corrected chi connectivity index (χ0v) is 10.7. The van der Waals surface area contributed by atoms with Crippen LogP contribution in [0.15, 0.2) is 11.6 Å². The molecule has 0 spiro atoms. The highest BCUT2D eigenvalue weighted by atomic mass is 16.5. The van der Waals surface area contributed by atoms with Gasteiger partial charge in [0.1, 0.15) is 6.10 Å². The van der Waals surface area contributed by atoms with Gasteiger partial charge in [0.15, 0.2) is 5.78 Å². The summed E-state index contributed by atoms with van der Waals surface area (Å²) in [5.41, 5.74) is 0.150. The van der Waals surface area contributed by atoms with Crippen LogP contribution in [0.5, 0.6) is 0 Å². The van der Waals surface area contributed by atoms with Crippen LogP contribution in [0.3, 0.4) is 0 Å². The van der Waals surface area contributed by atoms with Crippen LogP contribution >= 0.6 is 0 Å². The number of carbonyl (C=O) groups is 2. The second-order valence-corrected chi connectivity index (χ2v) is 3.86. The van der Waals surface area contributed by atoms with E-state index in [9.17, 15) is 9.59 Å². The van der Waals surface area contributed by atoms with Crippen molar-refractivity contribution < 1.29 is 14.3 Å². The van der Waals surface area contributed by atoms with E-state index in [1.807, 2.05) is 0 Å². The number of carbonyl (C=O) groups excluding carboxylic acids is 2. The second-order valence-electron chi connectivity index (χ2n) is 3.86. The van der Waals surface area contributed by atoms with Crippen LogP contribution in [0.4, 0.5) is 0 Å². The molecule has 0 aromatic carbocycles. The van der Waals surface area contributed by atoms with Crippen molar-refractivity contribution in [1.82, 2.24) is 0 Å². The Balaban J connectivity index is 4.43. The molecule has 0 radical (unpaired) electrons. The summed E-state index contributed by atoms with van der Waals surface area (Å²) in [5.74, 6) is -0.721. The Labute approximate surface area is 97.9 Å². The Kier molecular flexibility index (Phi) is 7.52. The van der Waals surface area contributed by atoms with Gasteiger partial charge < -0.3 is 4.74 Å². The second kappa shape index (κ2) is 8.08. The normalized spacial score (nSPS) is 11.7. The molecule has 0 amide bonds. The average molecular weight is 226 g/mol. The van der Waals surface area contributed by atoms with Crippen LogP contribution in [0, 0.1) is 0 Å². The molecule has 0 aliphatic rings. The maximum absolute atomic E-state index is 11.7. The zero-order chi connectivity index (χ0) is 12.6. The molecule has 3 nitrogen and oxygen atoms in total. The smallest absolute Gasteiger partial charge is 0.341 e. The van der Waals surface area contributed by atoms with Crippen LogP contribution in [-0.4, -0.2) is 17.9 Å². The van der Waals surface area contributed by atoms with E-state index in [0.29, 0.717) is 0 Å². The van der Waals surface area contributed by atoms with Gasteiger partial charge in [-0.05, 0) is 26.7 Å². The zero-order valence-electron chi connectivity index (χ0n) is 10.7. The first kappa shape index (κ1) is 14.9. The van der Waals surface area contributed by atoms with Gasteiger partial charge >= 0.3 is 5.97 Å². The summed E-state index contributed by atoms with van der Waals surface area (Å²) in [7, 11) is 0. The van der Waals surface area contributed by atoms with Crippen molar-refractivity contribution in [3.8, 4) is 0 Å². The molecule has 0 fully saturated rings. The van der Waals surface area contributed by atoms with Crippen molar-refractivity contribution >= 4 is 11.8 Å². The monoisotopic (exact) mass is 226 g/mol. The van der Waals surface area contributed by atoms with Gasteiger partial charge in [0.05, 0.1) is 5.57 Å². The van der Waals surface area contributed by atoms with Crippen molar-refractivity contribution in [3.05, 3.63) is 11.6 Å². The van der Waals surface area contributed by atoms with Gasteiger partial charge in [0.25, 0.3) is 0 Å². The molecule has 0 atom stereocenters. The lowest BCUT2D eigenvalue weighted by Gasteiger charge is -2.16. The minimum atomic E-state index is -0.484. The lowest BCUT2D eigenvalue weighted by Crippen LogP contribution is -2.21. The van der Waals surface area contributed by atoms with E-state index in [2.05, 4.69) is 13.8 Å². The predicted octanol–water partition coefficient (Wildman–Crippen LogP) is 3.03. The number of allylic oxidation sites excluding steroid dienone is 1. The Morgan fingerprint density at radius 3 is 2.00 bits per heavy atom. The lowest BCUT2D eigenvalue weighted by atomic mass is 10.1. The van der Waals surface area contributed by atoms with Gasteiger partial charge in [-0.1, -0.05) is 32.8 Å². The Morgan fingerprint density at radius 1 is 1.19 bits per heavy atom. The van der Waals surface area contributed by atoms with Gasteiger partial charge in [-0.25, -0.2) is 4.79 Å². The predicted molar refractivity (Wildman–Crippen MR) is 64.1 cm³/mol. The number of rotatable bonds is 7. The Morgan fingerprint density at radius 2 is 1.69 bits per heavy atom. The number of Topliss-reactive ketones (excluding diaryl/α,β-unsaturated/α-hetero) is 1. The maximum atomic E-state index is 11.7. The van der Waals surface area contributed by atoms with Crippen LogP contribution < -0.4 is 0 Å². The summed E-state index contributed by atoms with van der Waals surface area (Å²) in [5, 5.41) is 0. The first-order chi connectivity index (χ1) is 7.56. The molecular weight excluding hydrogens is 204 g/mol. The van der Waals surface area contributed by atoms with Gasteiger partial charge in [0.2, 0.25) is 0 Å². The molecule has 0 rings (SSSR count). The SMILES string of the molecule is C/C=C(/C(C)=O)C(=O)OC(CCC)CCC. The average Bonchev–Trinajstić information content (AvgIpc) is 2.18. The first-order valence-electron chi connectivity index (χ1n) is 5.94. The van der Waals surface area contributed by atoms with E-state index >= 15 is 0 Å². The molecule has 0 aliphatic heterocycles. The summed E-state index contributed by atoms with van der Waals surface area (Å²) >= 11 is 0. The molecule has 0 bridgehead atoms. The van der Waals surface area contributed by atoms with Crippen LogP contribution in [0.1, 0.15) is 53.4 Å². The van der Waals surface area contributed by atoms with E-state index in [-0.39, 0.29) is 17.5 Å². The van der Waals surface area contributed by atoms with E-state index < -0.39 is 5.97 Å². The van der Waals surface area contributed by atoms with Crippen molar-refractivity contribution in [2.45, 2.75) is 59.5 Å². The van der Waals surface area contributed by atoms with Crippen LogP contribution in [0.25, 0.3) is 0 Å². The van der Waals surface area contributed by atoms with E-state index in [0.717, 1.165) is 25.7 Å². The minimum Gasteiger partial charge on any atom is -0.459 e. The molecule has 0 aromatic rings. The molecule has 16 heavy (non-hydrogen) atoms. The van der Waals surface area contributed by atoms with E-state index in [1.54, 1.807) is 6.92 Å². The molecule has 0 saturated heterocycles. The number of ether oxygens (including phenoxy) is 1. The standard InChI is InChI=1S/C13H22O3/c1-5-8-11(9-6-2)16-13(15)12(7-3)10(4)14/h7,11H,5-6,8-9H2,1-4H3/b12-7-. The van der Waals surface area contributed by atoms with Crippen molar-refractivity contribution in [2.75, 3.05) is 0 Å². The molecule has 92 valence electrons. The highest BCUT2D eigenvalue weighted by Crippen LogP contribution is 2.12. The number of ketones is 1. The first-order valence-corrected chi connectivity index (χ1v) is 5.94. The fraction of sp³-hybridized carbons (Fsp3) is 0.692. The van der Waals surface area contributed by atoms with Crippen molar-refractivity contribution in [3.63, 3.8) is 0 Å². The molecule has 0 aromatic heterocycles. The van der Waals surface area contributed by atoms with Crippen molar-refractivity contribution in [1.29, 1.82) is 0 Å². The molecule has 0 heterocycles. The molecule has 0 aliphatic carbocycles. The third-order valence-electron chi connectivity index (χ3n) is 2.38. The Hall–Kier alpha value is -1.12. The third-order valence-corrected chi connectivity index (χ3v) is 2.38. The van der Waals surface area contributed by atoms with Crippen LogP contribution in [-0.2, 0) is 14.3 Å². The highest BCUT2D eigenvalue weighted by Gasteiger charge is 2.19. The molecule has 0 unspecified atom stereocenters. The fourth-order valence-corrected chi connectivity index (χ4v) is 1.59. The summed E-state index contributed by atoms with van der Waals surface area (Å²) in [6, 6.07) is 0. The third kappa shape index (κ3) is 5.10. The topological polar surface area (TPSA) is 43.4 Å². The Bertz CT molecular complexity index is 260. The summed E-state index contributed by atoms with van der Waals surface area (Å²) in [6.07, 6.45) is 5.12. The highest BCUT2D eigenvalue weighted by molar-refractivity contribution is 6.16. The summed E-state index contributed by atoms with van der Waals surface area (Å²) in [4.78, 5) is 22.8. The van der Waals surface area contributed by atoms with E-state index in [4.69, 9.17) is 4.74 Å². The molecule has 3 heteroatoms. The quantitative estimate of drug-likeness (QED) is 0.290. The fourth-order valence-electron chi connectivity index (χ4n) is 1.59. The minimum absolute atomic E-state index is 0.0585. The van der Waals surface area contributed by atoms with E-state index in [1.165, 1.54) is 13.0 Å². The van der Waals surface area contributed by atoms with Crippen LogP contribution in [0.2, 0.25) is 0 Å². The van der Waals surface area contributed by atoms with Crippen molar-refractivity contribution in [2.24, 2.45) is 0 Å². The number of hydrogen-bond donors (Lipinski definition) is 0. The lowest BCUT2D eigenvalue weighted by molar-refractivity contribution is -0.146. The molecular formula is C13H22O3. The van der Waals surface area contributed by atoms with Gasteiger partial charge in [-0.15, -0.1) is 0 Å². The summed E-state index contributed by atoms with van der Waals surface area (Å²) < 4.78 is 5.32. The number of hydrogen-bond acceptors (Lipinski definition) is 3. The molecule has 0 N–H and O–H groups in total. The molecule has 0 saturated carbocycles. The van der Waals surface area contributed by atoms with Gasteiger partial charge in [-0.2, -0.15) is 0 Å². The largest absolute Gasteiger partial charge is 0.459 e. The van der Waals surface area contributed by atoms with Gasteiger partial charge in [-0.3, -0.25) is 4.79 Å². The van der Waals surface area contributed by atoms with Gasteiger partial charge in [0, 0.05) is 0 Å². The maximum Gasteiger partial charge on any atom is 0.341 e.